The van der Waals surface area contributed by atoms with Gasteiger partial charge in [-0.15, -0.1) is 0 Å². The van der Waals surface area contributed by atoms with Crippen LogP contribution in [0.15, 0.2) is 84.9 Å². The summed E-state index contributed by atoms with van der Waals surface area (Å²) < 4.78 is 25.3. The van der Waals surface area contributed by atoms with Crippen LogP contribution in [0.1, 0.15) is 27.5 Å². The van der Waals surface area contributed by atoms with Gasteiger partial charge in [-0.2, -0.15) is 0 Å². The molecule has 7 heteroatoms. The molecule has 33 heavy (non-hydrogen) atoms. The molecule has 0 spiro atoms. The number of benzene rings is 3. The number of hydrogen-bond acceptors (Lipinski definition) is 4. The van der Waals surface area contributed by atoms with Crippen molar-refractivity contribution in [1.82, 2.24) is 9.80 Å². The second kappa shape index (κ2) is 9.77. The Kier molecular flexibility index (Phi) is 6.81. The van der Waals surface area contributed by atoms with Crippen molar-refractivity contribution in [3.63, 3.8) is 0 Å². The number of rotatable bonds is 6. The van der Waals surface area contributed by atoms with Gasteiger partial charge in [-0.05, 0) is 23.3 Å². The molecule has 1 heterocycles. The van der Waals surface area contributed by atoms with Crippen molar-refractivity contribution in [2.45, 2.75) is 6.04 Å². The van der Waals surface area contributed by atoms with Gasteiger partial charge in [0, 0.05) is 33.2 Å². The van der Waals surface area contributed by atoms with Gasteiger partial charge in [0.05, 0.1) is 23.5 Å². The van der Waals surface area contributed by atoms with Crippen molar-refractivity contribution in [2.75, 3.05) is 43.8 Å². The third-order valence-electron chi connectivity index (χ3n) is 6.17. The first-order valence-electron chi connectivity index (χ1n) is 11.0. The monoisotopic (exact) mass is 463 g/mol. The number of carbonyl (C=O) groups excluding carboxylic acids is 1. The minimum absolute atomic E-state index is 0.119. The molecule has 6 nitrogen and oxygen atoms in total. The van der Waals surface area contributed by atoms with Gasteiger partial charge in [0.1, 0.15) is 0 Å². The lowest BCUT2D eigenvalue weighted by molar-refractivity contribution is 0.0598. The van der Waals surface area contributed by atoms with Gasteiger partial charge in [-0.3, -0.25) is 14.0 Å². The highest BCUT2D eigenvalue weighted by atomic mass is 32.2. The SMILES string of the molecule is CN(c1ccccc1C(=O)N1CCN(C(c2ccccc2)c2ccccc2)CC1)S(C)(=O)=O. The number of amides is 1. The Morgan fingerprint density at radius 2 is 1.27 bits per heavy atom. The van der Waals surface area contributed by atoms with Crippen LogP contribution in [-0.2, 0) is 10.0 Å². The fourth-order valence-electron chi connectivity index (χ4n) is 4.35. The van der Waals surface area contributed by atoms with Gasteiger partial charge in [0.25, 0.3) is 5.91 Å². The molecule has 0 atom stereocenters. The maximum absolute atomic E-state index is 13.4. The number of carbonyl (C=O) groups is 1. The van der Waals surface area contributed by atoms with E-state index in [4.69, 9.17) is 0 Å². The Bertz CT molecular complexity index is 1150. The van der Waals surface area contributed by atoms with E-state index in [1.54, 1.807) is 24.3 Å². The van der Waals surface area contributed by atoms with E-state index in [0.29, 0.717) is 24.3 Å². The van der Waals surface area contributed by atoms with Crippen LogP contribution in [0.4, 0.5) is 5.69 Å². The smallest absolute Gasteiger partial charge is 0.256 e. The minimum atomic E-state index is -3.47. The molecular weight excluding hydrogens is 434 g/mol. The van der Waals surface area contributed by atoms with Gasteiger partial charge in [0.15, 0.2) is 0 Å². The highest BCUT2D eigenvalue weighted by molar-refractivity contribution is 7.92. The number of piperazine rings is 1. The molecule has 172 valence electrons. The molecule has 0 aromatic heterocycles. The van der Waals surface area contributed by atoms with Crippen molar-refractivity contribution >= 4 is 21.6 Å². The lowest BCUT2D eigenvalue weighted by atomic mass is 9.96. The zero-order valence-electron chi connectivity index (χ0n) is 19.0. The zero-order chi connectivity index (χ0) is 23.4. The molecule has 4 rings (SSSR count). The van der Waals surface area contributed by atoms with Crippen molar-refractivity contribution in [1.29, 1.82) is 0 Å². The van der Waals surface area contributed by atoms with Crippen LogP contribution < -0.4 is 4.31 Å². The Labute approximate surface area is 196 Å². The van der Waals surface area contributed by atoms with E-state index in [1.807, 2.05) is 17.0 Å². The summed E-state index contributed by atoms with van der Waals surface area (Å²) >= 11 is 0. The molecule has 1 amide bonds. The van der Waals surface area contributed by atoms with E-state index < -0.39 is 10.0 Å². The molecule has 1 aliphatic rings. The Hall–Kier alpha value is -3.16. The second-order valence-corrected chi connectivity index (χ2v) is 10.3. The quantitative estimate of drug-likeness (QED) is 0.560. The van der Waals surface area contributed by atoms with E-state index in [2.05, 4.69) is 53.4 Å². The topological polar surface area (TPSA) is 60.9 Å². The molecule has 0 N–H and O–H groups in total. The molecule has 0 bridgehead atoms. The maximum Gasteiger partial charge on any atom is 0.256 e. The van der Waals surface area contributed by atoms with E-state index in [9.17, 15) is 13.2 Å². The van der Waals surface area contributed by atoms with E-state index in [1.165, 1.54) is 18.2 Å². The summed E-state index contributed by atoms with van der Waals surface area (Å²) in [6, 6.07) is 27.8. The summed E-state index contributed by atoms with van der Waals surface area (Å²) in [7, 11) is -1.99. The molecule has 0 radical (unpaired) electrons. The molecule has 3 aromatic carbocycles. The summed E-state index contributed by atoms with van der Waals surface area (Å²) in [4.78, 5) is 17.6. The third-order valence-corrected chi connectivity index (χ3v) is 7.36. The molecule has 0 saturated carbocycles. The Morgan fingerprint density at radius 1 is 0.788 bits per heavy atom. The lowest BCUT2D eigenvalue weighted by Crippen LogP contribution is -2.50. The first-order chi connectivity index (χ1) is 15.9. The highest BCUT2D eigenvalue weighted by Crippen LogP contribution is 2.30. The highest BCUT2D eigenvalue weighted by Gasteiger charge is 2.30. The van der Waals surface area contributed by atoms with Crippen LogP contribution in [0.5, 0.6) is 0 Å². The zero-order valence-corrected chi connectivity index (χ0v) is 19.8. The number of anilines is 1. The van der Waals surface area contributed by atoms with Gasteiger partial charge < -0.3 is 4.90 Å². The minimum Gasteiger partial charge on any atom is -0.336 e. The van der Waals surface area contributed by atoms with Crippen molar-refractivity contribution in [3.8, 4) is 0 Å². The second-order valence-electron chi connectivity index (χ2n) is 8.30. The first-order valence-corrected chi connectivity index (χ1v) is 12.9. The largest absolute Gasteiger partial charge is 0.336 e. The Morgan fingerprint density at radius 3 is 1.79 bits per heavy atom. The number of nitrogens with zero attached hydrogens (tertiary/aromatic N) is 3. The fraction of sp³-hybridized carbons (Fsp3) is 0.269. The predicted molar refractivity (Wildman–Crippen MR) is 132 cm³/mol. The van der Waals surface area contributed by atoms with Crippen LogP contribution in [0.3, 0.4) is 0 Å². The molecule has 1 saturated heterocycles. The van der Waals surface area contributed by atoms with Gasteiger partial charge >= 0.3 is 0 Å². The molecule has 3 aromatic rings. The predicted octanol–water partition coefficient (Wildman–Crippen LogP) is 3.63. The number of hydrogen-bond donors (Lipinski definition) is 0. The molecule has 1 aliphatic heterocycles. The summed E-state index contributed by atoms with van der Waals surface area (Å²) in [6.45, 7) is 2.60. The fourth-order valence-corrected chi connectivity index (χ4v) is 4.86. The average Bonchev–Trinajstić information content (AvgIpc) is 2.84. The summed E-state index contributed by atoms with van der Waals surface area (Å²) in [6.07, 6.45) is 1.14. The summed E-state index contributed by atoms with van der Waals surface area (Å²) in [5, 5.41) is 0. The average molecular weight is 464 g/mol. The van der Waals surface area contributed by atoms with E-state index >= 15 is 0 Å². The number of sulfonamides is 1. The normalized spacial score (nSPS) is 14.9. The van der Waals surface area contributed by atoms with Crippen molar-refractivity contribution in [3.05, 3.63) is 102 Å². The van der Waals surface area contributed by atoms with Crippen LogP contribution in [-0.4, -0.2) is 63.6 Å². The van der Waals surface area contributed by atoms with Crippen molar-refractivity contribution in [2.24, 2.45) is 0 Å². The van der Waals surface area contributed by atoms with Crippen molar-refractivity contribution < 1.29 is 13.2 Å². The van der Waals surface area contributed by atoms with E-state index in [0.717, 1.165) is 23.7 Å². The Balaban J connectivity index is 1.54. The molecule has 0 aliphatic carbocycles. The third kappa shape index (κ3) is 5.10. The van der Waals surface area contributed by atoms with Crippen LogP contribution in [0.25, 0.3) is 0 Å². The molecule has 0 unspecified atom stereocenters. The van der Waals surface area contributed by atoms with Gasteiger partial charge in [0.2, 0.25) is 10.0 Å². The van der Waals surface area contributed by atoms with E-state index in [-0.39, 0.29) is 11.9 Å². The van der Waals surface area contributed by atoms with Crippen LogP contribution >= 0.6 is 0 Å². The standard InChI is InChI=1S/C26H29N3O3S/c1-27(33(2,31)32)24-16-10-9-15-23(24)26(30)29-19-17-28(18-20-29)25(21-11-5-3-6-12-21)22-13-7-4-8-14-22/h3-16,25H,17-20H2,1-2H3. The van der Waals surface area contributed by atoms with Crippen LogP contribution in [0.2, 0.25) is 0 Å². The summed E-state index contributed by atoms with van der Waals surface area (Å²) in [5.74, 6) is -0.142. The van der Waals surface area contributed by atoms with Crippen LogP contribution in [0, 0.1) is 0 Å². The van der Waals surface area contributed by atoms with Gasteiger partial charge in [-0.1, -0.05) is 72.8 Å². The summed E-state index contributed by atoms with van der Waals surface area (Å²) in [5.41, 5.74) is 3.26. The molecular formula is C26H29N3O3S. The first kappa shape index (κ1) is 23.0. The molecule has 1 fully saturated rings. The lowest BCUT2D eigenvalue weighted by Gasteiger charge is -2.40. The van der Waals surface area contributed by atoms with Gasteiger partial charge in [-0.25, -0.2) is 8.42 Å². The maximum atomic E-state index is 13.4. The number of para-hydroxylation sites is 1.